The third kappa shape index (κ3) is 2.17. The molecule has 6 nitrogen and oxygen atoms in total. The Bertz CT molecular complexity index is 739. The van der Waals surface area contributed by atoms with Gasteiger partial charge in [-0.1, -0.05) is 42.5 Å². The zero-order valence-corrected chi connectivity index (χ0v) is 15.6. The molecule has 1 aliphatic heterocycles. The second-order valence-corrected chi connectivity index (χ2v) is 5.83. The number of rotatable bonds is 6. The summed E-state index contributed by atoms with van der Waals surface area (Å²) >= 11 is 0. The van der Waals surface area contributed by atoms with Crippen LogP contribution in [0.4, 0.5) is 0 Å². The van der Waals surface area contributed by atoms with Crippen LogP contribution in [0.5, 0.6) is 5.75 Å². The minimum atomic E-state index is -1.60. The third-order valence-electron chi connectivity index (χ3n) is 4.95. The van der Waals surface area contributed by atoms with Crippen molar-refractivity contribution in [1.29, 1.82) is 0 Å². The molecule has 2 aromatic rings. The third-order valence-corrected chi connectivity index (χ3v) is 4.95. The average molecular weight is 360 g/mol. The first-order valence-corrected chi connectivity index (χ1v) is 8.21. The smallest absolute Gasteiger partial charge is 0.301 e. The fourth-order valence-electron chi connectivity index (χ4n) is 3.84. The van der Waals surface area contributed by atoms with Gasteiger partial charge in [0.25, 0.3) is 11.6 Å². The lowest BCUT2D eigenvalue weighted by Gasteiger charge is -2.57. The van der Waals surface area contributed by atoms with Gasteiger partial charge in [-0.05, 0) is 12.1 Å². The fourth-order valence-corrected chi connectivity index (χ4v) is 3.84. The van der Waals surface area contributed by atoms with Crippen molar-refractivity contribution >= 4 is 0 Å². The lowest BCUT2D eigenvalue weighted by molar-refractivity contribution is -0.489. The molecule has 1 heterocycles. The molecule has 0 fully saturated rings. The second-order valence-electron chi connectivity index (χ2n) is 5.83. The molecule has 140 valence electrons. The van der Waals surface area contributed by atoms with Crippen molar-refractivity contribution < 1.29 is 28.4 Å². The van der Waals surface area contributed by atoms with Crippen LogP contribution in [0.25, 0.3) is 0 Å². The van der Waals surface area contributed by atoms with E-state index in [0.717, 1.165) is 0 Å². The van der Waals surface area contributed by atoms with Crippen LogP contribution in [0.3, 0.4) is 0 Å². The monoisotopic (exact) mass is 360 g/mol. The molecule has 0 aliphatic carbocycles. The second kappa shape index (κ2) is 6.98. The number of hydrogen-bond acceptors (Lipinski definition) is 6. The van der Waals surface area contributed by atoms with Crippen LogP contribution in [-0.4, -0.2) is 41.3 Å². The fraction of sp³-hybridized carbons (Fsp3) is 0.400. The normalized spacial score (nSPS) is 23.1. The molecule has 1 unspecified atom stereocenters. The van der Waals surface area contributed by atoms with E-state index in [4.69, 9.17) is 28.4 Å². The first kappa shape index (κ1) is 18.8. The molecular weight excluding hydrogens is 336 g/mol. The average Bonchev–Trinajstić information content (AvgIpc) is 2.72. The van der Waals surface area contributed by atoms with Crippen molar-refractivity contribution in [2.45, 2.75) is 17.4 Å². The maximum absolute atomic E-state index is 6.38. The lowest BCUT2D eigenvalue weighted by Crippen LogP contribution is -2.72. The number of benzene rings is 2. The molecule has 26 heavy (non-hydrogen) atoms. The molecule has 0 bridgehead atoms. The van der Waals surface area contributed by atoms with Gasteiger partial charge in [-0.3, -0.25) is 0 Å². The highest BCUT2D eigenvalue weighted by molar-refractivity contribution is 5.44. The van der Waals surface area contributed by atoms with Gasteiger partial charge < -0.3 is 28.4 Å². The van der Waals surface area contributed by atoms with Crippen LogP contribution in [0, 0.1) is 0 Å². The highest BCUT2D eigenvalue weighted by Crippen LogP contribution is 2.58. The Kier molecular flexibility index (Phi) is 5.05. The Morgan fingerprint density at radius 2 is 1.23 bits per heavy atom. The lowest BCUT2D eigenvalue weighted by atomic mass is 9.82. The van der Waals surface area contributed by atoms with Gasteiger partial charge in [-0.15, -0.1) is 0 Å². The summed E-state index contributed by atoms with van der Waals surface area (Å²) in [5.41, 5.74) is 1.33. The summed E-state index contributed by atoms with van der Waals surface area (Å²) in [5.74, 6) is -3.99. The van der Waals surface area contributed by atoms with E-state index in [1.165, 1.54) is 35.5 Å². The van der Waals surface area contributed by atoms with Gasteiger partial charge >= 0.3 is 5.79 Å². The van der Waals surface area contributed by atoms with E-state index in [9.17, 15) is 0 Å². The number of fused-ring (bicyclic) bond motifs is 1. The van der Waals surface area contributed by atoms with Crippen LogP contribution in [0.1, 0.15) is 11.1 Å². The molecule has 0 amide bonds. The van der Waals surface area contributed by atoms with Crippen molar-refractivity contribution in [3.63, 3.8) is 0 Å². The van der Waals surface area contributed by atoms with E-state index >= 15 is 0 Å². The van der Waals surface area contributed by atoms with Crippen LogP contribution in [-0.2, 0) is 35.3 Å². The summed E-state index contributed by atoms with van der Waals surface area (Å²) in [5, 5.41) is 0. The molecule has 0 N–H and O–H groups in total. The molecule has 1 atom stereocenters. The Balaban J connectivity index is 2.42. The Morgan fingerprint density at radius 3 is 1.77 bits per heavy atom. The molecule has 0 radical (unpaired) electrons. The van der Waals surface area contributed by atoms with Gasteiger partial charge in [0.2, 0.25) is 0 Å². The first-order valence-electron chi connectivity index (χ1n) is 8.21. The summed E-state index contributed by atoms with van der Waals surface area (Å²) in [6, 6.07) is 16.8. The maximum atomic E-state index is 6.38. The van der Waals surface area contributed by atoms with Crippen LogP contribution in [0.2, 0.25) is 0 Å². The van der Waals surface area contributed by atoms with Crippen molar-refractivity contribution in [3.05, 3.63) is 65.7 Å². The minimum absolute atomic E-state index is 0.548. The minimum Gasteiger partial charge on any atom is -0.452 e. The zero-order valence-electron chi connectivity index (χ0n) is 15.6. The van der Waals surface area contributed by atoms with E-state index in [-0.39, 0.29) is 0 Å². The zero-order chi connectivity index (χ0) is 18.8. The molecular formula is C20H24O6. The highest BCUT2D eigenvalue weighted by Gasteiger charge is 2.74. The highest BCUT2D eigenvalue weighted by atomic mass is 16.8. The van der Waals surface area contributed by atoms with Gasteiger partial charge in [0, 0.05) is 41.1 Å². The number of methoxy groups -OCH3 is 5. The van der Waals surface area contributed by atoms with Crippen molar-refractivity contribution in [2.75, 3.05) is 35.5 Å². The number of hydrogen-bond donors (Lipinski definition) is 0. The molecule has 2 aromatic carbocycles. The van der Waals surface area contributed by atoms with E-state index in [2.05, 4.69) is 0 Å². The first-order chi connectivity index (χ1) is 12.6. The van der Waals surface area contributed by atoms with Gasteiger partial charge in [0.1, 0.15) is 5.75 Å². The van der Waals surface area contributed by atoms with Crippen molar-refractivity contribution in [1.82, 2.24) is 0 Å². The predicted molar refractivity (Wildman–Crippen MR) is 94.6 cm³/mol. The SMILES string of the molecule is COC1(c2ccccc2)Oc2ccccc2C(OC)(OC)C1(OC)OC. The summed E-state index contributed by atoms with van der Waals surface area (Å²) in [7, 11) is 7.60. The van der Waals surface area contributed by atoms with E-state index in [1.807, 2.05) is 54.6 Å². The summed E-state index contributed by atoms with van der Waals surface area (Å²) in [4.78, 5) is 0. The van der Waals surface area contributed by atoms with Crippen molar-refractivity contribution in [3.8, 4) is 5.75 Å². The molecule has 0 aromatic heterocycles. The molecule has 3 rings (SSSR count). The summed E-state index contributed by atoms with van der Waals surface area (Å²) < 4.78 is 36.0. The van der Waals surface area contributed by atoms with Gasteiger partial charge in [-0.25, -0.2) is 0 Å². The summed E-state index contributed by atoms with van der Waals surface area (Å²) in [6.45, 7) is 0. The van der Waals surface area contributed by atoms with Gasteiger partial charge in [0.05, 0.1) is 5.56 Å². The predicted octanol–water partition coefficient (Wildman–Crippen LogP) is 3.01. The quantitative estimate of drug-likeness (QED) is 0.738. The van der Waals surface area contributed by atoms with Crippen LogP contribution in [0.15, 0.2) is 54.6 Å². The number of ether oxygens (including phenoxy) is 6. The molecule has 6 heteroatoms. The largest absolute Gasteiger partial charge is 0.452 e. The van der Waals surface area contributed by atoms with Crippen molar-refractivity contribution in [2.24, 2.45) is 0 Å². The van der Waals surface area contributed by atoms with Gasteiger partial charge in [0.15, 0.2) is 0 Å². The van der Waals surface area contributed by atoms with Gasteiger partial charge in [-0.2, -0.15) is 0 Å². The molecule has 0 saturated carbocycles. The van der Waals surface area contributed by atoms with Crippen LogP contribution >= 0.6 is 0 Å². The Labute approximate surface area is 153 Å². The van der Waals surface area contributed by atoms with Crippen LogP contribution < -0.4 is 4.74 Å². The molecule has 0 spiro atoms. The standard InChI is InChI=1S/C20H24O6/c1-21-18(15-11-7-6-8-12-15)20(24-4,25-5)19(22-2,23-3)16-13-9-10-14-17(16)26-18/h6-14H,1-5H3. The number of para-hydroxylation sites is 1. The van der Waals surface area contributed by atoms with E-state index in [1.54, 1.807) is 0 Å². The topological polar surface area (TPSA) is 55.4 Å². The maximum Gasteiger partial charge on any atom is 0.301 e. The van der Waals surface area contributed by atoms with E-state index < -0.39 is 17.4 Å². The Morgan fingerprint density at radius 1 is 0.654 bits per heavy atom. The summed E-state index contributed by atoms with van der Waals surface area (Å²) in [6.07, 6.45) is 0. The molecule has 0 saturated heterocycles. The molecule has 1 aliphatic rings. The Hall–Kier alpha value is -1.96. The van der Waals surface area contributed by atoms with E-state index in [0.29, 0.717) is 16.9 Å².